The van der Waals surface area contributed by atoms with Gasteiger partial charge < -0.3 is 25.0 Å². The number of carbonyl (C=O) groups is 3. The van der Waals surface area contributed by atoms with Gasteiger partial charge in [-0.25, -0.2) is 4.79 Å². The highest BCUT2D eigenvalue weighted by molar-refractivity contribution is 8.14. The summed E-state index contributed by atoms with van der Waals surface area (Å²) >= 11 is 0.649. The molecule has 0 saturated heterocycles. The van der Waals surface area contributed by atoms with Crippen LogP contribution < -0.4 is 5.32 Å². The summed E-state index contributed by atoms with van der Waals surface area (Å²) in [6.07, 6.45) is -2.91. The van der Waals surface area contributed by atoms with E-state index in [-0.39, 0.29) is 0 Å². The highest BCUT2D eigenvalue weighted by Crippen LogP contribution is 2.31. The van der Waals surface area contributed by atoms with Gasteiger partial charge in [-0.3, -0.25) is 9.59 Å². The van der Waals surface area contributed by atoms with Crippen LogP contribution in [0.15, 0.2) is 0 Å². The first-order valence-corrected chi connectivity index (χ1v) is 6.97. The molecule has 0 aliphatic heterocycles. The van der Waals surface area contributed by atoms with Crippen molar-refractivity contribution in [3.8, 4) is 0 Å². The second-order valence-corrected chi connectivity index (χ2v) is 6.43. The third-order valence-electron chi connectivity index (χ3n) is 2.35. The molecule has 21 heavy (non-hydrogen) atoms. The maximum Gasteiger partial charge on any atom is 0.370 e. The minimum Gasteiger partial charge on any atom is -0.426 e. The second kappa shape index (κ2) is 8.20. The SMILES string of the molecule is CC(=O)N[C@@H](C(O)O)C(C)(C)SC(=O)O[C@H](C)OC(C)=O. The fraction of sp³-hybridized carbons (Fsp3) is 0.750. The van der Waals surface area contributed by atoms with E-state index in [0.717, 1.165) is 0 Å². The number of hydrogen-bond donors (Lipinski definition) is 3. The van der Waals surface area contributed by atoms with Gasteiger partial charge in [0, 0.05) is 25.5 Å². The molecule has 1 amide bonds. The van der Waals surface area contributed by atoms with Gasteiger partial charge in [0.25, 0.3) is 0 Å². The number of nitrogens with one attached hydrogen (secondary N) is 1. The molecule has 0 radical (unpaired) electrons. The summed E-state index contributed by atoms with van der Waals surface area (Å²) < 4.78 is 8.42. The van der Waals surface area contributed by atoms with Gasteiger partial charge >= 0.3 is 11.3 Å². The molecule has 0 spiro atoms. The van der Waals surface area contributed by atoms with Crippen LogP contribution in [0.1, 0.15) is 34.6 Å². The van der Waals surface area contributed by atoms with E-state index in [9.17, 15) is 24.6 Å². The van der Waals surface area contributed by atoms with E-state index in [1.54, 1.807) is 0 Å². The van der Waals surface area contributed by atoms with Crippen molar-refractivity contribution in [3.63, 3.8) is 0 Å². The molecule has 122 valence electrons. The number of rotatable bonds is 6. The Balaban J connectivity index is 4.71. The number of hydrogen-bond acceptors (Lipinski definition) is 8. The normalized spacial score (nSPS) is 14.3. The van der Waals surface area contributed by atoms with E-state index in [1.807, 2.05) is 0 Å². The van der Waals surface area contributed by atoms with Crippen molar-refractivity contribution < 1.29 is 34.1 Å². The van der Waals surface area contributed by atoms with Gasteiger partial charge in [0.15, 0.2) is 6.29 Å². The third kappa shape index (κ3) is 7.88. The van der Waals surface area contributed by atoms with E-state index < -0.39 is 40.5 Å². The lowest BCUT2D eigenvalue weighted by Gasteiger charge is -2.34. The molecule has 3 N–H and O–H groups in total. The van der Waals surface area contributed by atoms with Gasteiger partial charge in [0.05, 0.1) is 6.04 Å². The van der Waals surface area contributed by atoms with Gasteiger partial charge in [-0.15, -0.1) is 0 Å². The van der Waals surface area contributed by atoms with E-state index >= 15 is 0 Å². The van der Waals surface area contributed by atoms with Gasteiger partial charge in [-0.2, -0.15) is 0 Å². The maximum absolute atomic E-state index is 11.7. The Hall–Kier alpha value is -1.32. The monoisotopic (exact) mass is 323 g/mol. The fourth-order valence-electron chi connectivity index (χ4n) is 1.52. The average Bonchev–Trinajstić information content (AvgIpc) is 2.22. The van der Waals surface area contributed by atoms with Crippen LogP contribution >= 0.6 is 11.8 Å². The third-order valence-corrected chi connectivity index (χ3v) is 3.39. The molecule has 0 saturated carbocycles. The highest BCUT2D eigenvalue weighted by atomic mass is 32.2. The largest absolute Gasteiger partial charge is 0.426 e. The Labute approximate surface area is 127 Å². The molecule has 0 unspecified atom stereocenters. The van der Waals surface area contributed by atoms with Gasteiger partial charge in [-0.1, -0.05) is 0 Å². The number of amides is 1. The summed E-state index contributed by atoms with van der Waals surface area (Å²) in [7, 11) is 0. The van der Waals surface area contributed by atoms with Crippen molar-refractivity contribution in [3.05, 3.63) is 0 Å². The van der Waals surface area contributed by atoms with E-state index in [2.05, 4.69) is 10.1 Å². The molecule has 0 rings (SSSR count). The van der Waals surface area contributed by atoms with Crippen LogP contribution in [-0.4, -0.2) is 50.8 Å². The topological polar surface area (TPSA) is 122 Å². The molecule has 8 nitrogen and oxygen atoms in total. The first-order chi connectivity index (χ1) is 9.45. The predicted molar refractivity (Wildman–Crippen MR) is 75.2 cm³/mol. The van der Waals surface area contributed by atoms with E-state index in [4.69, 9.17) is 4.74 Å². The summed E-state index contributed by atoms with van der Waals surface area (Å²) in [6, 6.07) is -1.09. The van der Waals surface area contributed by atoms with Crippen LogP contribution in [0.4, 0.5) is 4.79 Å². The van der Waals surface area contributed by atoms with Crippen LogP contribution in [0.25, 0.3) is 0 Å². The minimum atomic E-state index is -1.85. The van der Waals surface area contributed by atoms with E-state index in [0.29, 0.717) is 11.8 Å². The summed E-state index contributed by atoms with van der Waals surface area (Å²) in [5.41, 5.74) is 0. The molecule has 0 aliphatic rings. The van der Waals surface area contributed by atoms with Crippen molar-refractivity contribution in [2.24, 2.45) is 0 Å². The minimum absolute atomic E-state index is 0.469. The number of thioether (sulfide) groups is 1. The van der Waals surface area contributed by atoms with Crippen LogP contribution in [0.2, 0.25) is 0 Å². The summed E-state index contributed by atoms with van der Waals surface area (Å²) in [4.78, 5) is 33.5. The molecule has 0 fully saturated rings. The lowest BCUT2D eigenvalue weighted by molar-refractivity contribution is -0.160. The van der Waals surface area contributed by atoms with Crippen LogP contribution in [0.3, 0.4) is 0 Å². The Morgan fingerprint density at radius 1 is 1.14 bits per heavy atom. The predicted octanol–water partition coefficient (Wildman–Crippen LogP) is 0.359. The summed E-state index contributed by atoms with van der Waals surface area (Å²) in [5.74, 6) is -1.06. The van der Waals surface area contributed by atoms with Crippen molar-refractivity contribution in [2.75, 3.05) is 0 Å². The number of aliphatic hydroxyl groups excluding tert-OH is 1. The molecule has 0 bridgehead atoms. The quantitative estimate of drug-likeness (QED) is 0.473. The van der Waals surface area contributed by atoms with Crippen molar-refractivity contribution in [1.82, 2.24) is 5.32 Å². The maximum atomic E-state index is 11.7. The Kier molecular flexibility index (Phi) is 7.69. The molecule has 2 atom stereocenters. The van der Waals surface area contributed by atoms with Crippen LogP contribution in [0.5, 0.6) is 0 Å². The van der Waals surface area contributed by atoms with Gasteiger partial charge in [0.2, 0.25) is 12.2 Å². The lowest BCUT2D eigenvalue weighted by atomic mass is 10.0. The molecule has 0 aromatic carbocycles. The smallest absolute Gasteiger partial charge is 0.370 e. The molecule has 0 aliphatic carbocycles. The molecular formula is C12H21NO7S. The highest BCUT2D eigenvalue weighted by Gasteiger charge is 2.38. The number of aliphatic hydroxyl groups is 2. The standard InChI is InChI=1S/C12H21NO7S/c1-6(14)13-9(10(16)17)12(4,5)21-11(18)20-8(3)19-7(2)15/h8-10,16-17H,1-5H3,(H,13,14)/t8-,9+/m1/s1. The number of ether oxygens (including phenoxy) is 2. The summed E-state index contributed by atoms with van der Waals surface area (Å²) in [6.45, 7) is 6.84. The van der Waals surface area contributed by atoms with Crippen molar-refractivity contribution in [2.45, 2.75) is 58.0 Å². The zero-order chi connectivity index (χ0) is 16.8. The van der Waals surface area contributed by atoms with E-state index in [1.165, 1.54) is 34.6 Å². The fourth-order valence-corrected chi connectivity index (χ4v) is 2.44. The molecule has 0 aromatic rings. The average molecular weight is 323 g/mol. The second-order valence-electron chi connectivity index (χ2n) is 4.84. The zero-order valence-corrected chi connectivity index (χ0v) is 13.4. The first-order valence-electron chi connectivity index (χ1n) is 6.15. The molecule has 9 heteroatoms. The van der Waals surface area contributed by atoms with Gasteiger partial charge in [0.1, 0.15) is 0 Å². The zero-order valence-electron chi connectivity index (χ0n) is 12.6. The number of esters is 1. The first kappa shape index (κ1) is 19.7. The van der Waals surface area contributed by atoms with Crippen LogP contribution in [0, 0.1) is 0 Å². The van der Waals surface area contributed by atoms with Crippen molar-refractivity contribution >= 4 is 28.9 Å². The number of carbonyl (C=O) groups excluding carboxylic acids is 3. The molecular weight excluding hydrogens is 302 g/mol. The Morgan fingerprint density at radius 3 is 2.05 bits per heavy atom. The Morgan fingerprint density at radius 2 is 1.67 bits per heavy atom. The summed E-state index contributed by atoms with van der Waals surface area (Å²) in [5, 5.41) is 20.2. The molecule has 0 aromatic heterocycles. The molecule has 0 heterocycles. The Bertz CT molecular complexity index is 397. The lowest BCUT2D eigenvalue weighted by Crippen LogP contribution is -2.54. The van der Waals surface area contributed by atoms with Crippen LogP contribution in [-0.2, 0) is 19.1 Å². The van der Waals surface area contributed by atoms with Gasteiger partial charge in [-0.05, 0) is 25.6 Å². The van der Waals surface area contributed by atoms with Crippen molar-refractivity contribution in [1.29, 1.82) is 0 Å².